The molecule has 2 aromatic rings. The summed E-state index contributed by atoms with van der Waals surface area (Å²) < 4.78 is 62.3. The largest absolute Gasteiger partial charge is 0.476 e. The molecule has 2 fully saturated rings. The van der Waals surface area contributed by atoms with E-state index in [0.717, 1.165) is 0 Å². The first kappa shape index (κ1) is 24.5. The van der Waals surface area contributed by atoms with E-state index in [1.165, 1.54) is 24.9 Å². The molecule has 0 saturated carbocycles. The molecule has 6 atom stereocenters. The van der Waals surface area contributed by atoms with Gasteiger partial charge in [-0.25, -0.2) is 18.7 Å². The number of rotatable bonds is 7. The predicted molar refractivity (Wildman–Crippen MR) is 114 cm³/mol. The zero-order valence-electron chi connectivity index (χ0n) is 19.0. The Hall–Kier alpha value is -2.58. The van der Waals surface area contributed by atoms with Crippen molar-refractivity contribution in [3.05, 3.63) is 6.33 Å². The van der Waals surface area contributed by atoms with E-state index < -0.39 is 44.1 Å². The number of halogens is 1. The fourth-order valence-electron chi connectivity index (χ4n) is 3.73. The van der Waals surface area contributed by atoms with E-state index >= 15 is 4.39 Å². The highest BCUT2D eigenvalue weighted by Crippen LogP contribution is 2.59. The molecule has 2 aromatic heterocycles. The van der Waals surface area contributed by atoms with Gasteiger partial charge in [0.15, 0.2) is 23.1 Å². The Morgan fingerprint density at radius 2 is 2.26 bits per heavy atom. The van der Waals surface area contributed by atoms with Crippen LogP contribution >= 0.6 is 7.82 Å². The number of nitrogens with two attached hydrogens (primary N) is 1. The van der Waals surface area contributed by atoms with Crippen LogP contribution in [0.5, 0.6) is 5.88 Å². The molecule has 0 aromatic carbocycles. The van der Waals surface area contributed by atoms with Crippen LogP contribution in [-0.4, -0.2) is 76.5 Å². The lowest BCUT2D eigenvalue weighted by molar-refractivity contribution is -0.0711. The number of phosphoric acid groups is 1. The molecule has 3 N–H and O–H groups in total. The van der Waals surface area contributed by atoms with Gasteiger partial charge in [0.1, 0.15) is 12.2 Å². The van der Waals surface area contributed by atoms with Crippen molar-refractivity contribution in [2.45, 2.75) is 50.9 Å². The van der Waals surface area contributed by atoms with Crippen molar-refractivity contribution in [2.24, 2.45) is 0 Å². The van der Waals surface area contributed by atoms with Crippen LogP contribution in [0.1, 0.15) is 27.0 Å². The Labute approximate surface area is 193 Å². The molecular formula is C18H26FN6O8P. The van der Waals surface area contributed by atoms with Gasteiger partial charge in [0.2, 0.25) is 11.8 Å². The van der Waals surface area contributed by atoms with Gasteiger partial charge in [-0.1, -0.05) is 0 Å². The van der Waals surface area contributed by atoms with E-state index in [1.807, 2.05) is 0 Å². The van der Waals surface area contributed by atoms with Gasteiger partial charge < -0.3 is 25.3 Å². The fourth-order valence-corrected chi connectivity index (χ4v) is 5.28. The highest BCUT2D eigenvalue weighted by atomic mass is 31.2. The molecule has 2 aliphatic heterocycles. The molecular weight excluding hydrogens is 478 g/mol. The monoisotopic (exact) mass is 504 g/mol. The van der Waals surface area contributed by atoms with Crippen molar-refractivity contribution in [1.82, 2.24) is 24.8 Å². The Morgan fingerprint density at radius 1 is 1.50 bits per heavy atom. The van der Waals surface area contributed by atoms with Crippen LogP contribution in [0.15, 0.2) is 6.33 Å². The molecule has 2 saturated heterocycles. The number of amides is 1. The number of carbonyl (C=O) groups excluding carboxylic acids is 1. The maximum absolute atomic E-state index is 16.1. The number of aromatic nitrogens is 4. The summed E-state index contributed by atoms with van der Waals surface area (Å²) in [5.41, 5.74) is 4.08. The molecule has 16 heteroatoms. The number of fused-ring (bicyclic) bond motifs is 2. The Balaban J connectivity index is 1.54. The molecule has 4 heterocycles. The normalized spacial score (nSPS) is 31.7. The summed E-state index contributed by atoms with van der Waals surface area (Å²) in [5, 5.41) is 2.45. The maximum Gasteiger partial charge on any atom is 0.475 e. The van der Waals surface area contributed by atoms with Gasteiger partial charge in [0.05, 0.1) is 39.3 Å². The van der Waals surface area contributed by atoms with E-state index in [9.17, 15) is 9.36 Å². The van der Waals surface area contributed by atoms with Crippen molar-refractivity contribution in [3.8, 4) is 5.88 Å². The van der Waals surface area contributed by atoms with E-state index in [-0.39, 0.29) is 36.2 Å². The summed E-state index contributed by atoms with van der Waals surface area (Å²) in [5.74, 6) is 0.0766. The van der Waals surface area contributed by atoms with Crippen LogP contribution in [0.4, 0.5) is 15.1 Å². The predicted octanol–water partition coefficient (Wildman–Crippen LogP) is 1.72. The number of nitrogens with zero attached hydrogens (tertiary/aromatic N) is 4. The van der Waals surface area contributed by atoms with E-state index in [2.05, 4.69) is 25.0 Å². The van der Waals surface area contributed by atoms with Gasteiger partial charge in [0.25, 0.3) is 0 Å². The lowest BCUT2D eigenvalue weighted by atomic mass is 9.98. The minimum atomic E-state index is -4.15. The third-order valence-corrected chi connectivity index (χ3v) is 6.71. The van der Waals surface area contributed by atoms with Crippen LogP contribution in [0, 0.1) is 0 Å². The summed E-state index contributed by atoms with van der Waals surface area (Å²) in [6, 6.07) is -0.575. The molecule has 0 aliphatic carbocycles. The zero-order valence-corrected chi connectivity index (χ0v) is 19.9. The number of nitrogens with one attached hydrogen (secondary N) is 1. The number of alkyl halides is 1. The lowest BCUT2D eigenvalue weighted by Gasteiger charge is -2.34. The second-order valence-electron chi connectivity index (χ2n) is 7.92. The van der Waals surface area contributed by atoms with Crippen LogP contribution in [0.2, 0.25) is 0 Å². The number of phosphoric ester groups is 1. The average molecular weight is 504 g/mol. The van der Waals surface area contributed by atoms with Crippen molar-refractivity contribution >= 4 is 31.0 Å². The zero-order chi connectivity index (χ0) is 24.7. The van der Waals surface area contributed by atoms with Gasteiger partial charge in [0, 0.05) is 0 Å². The van der Waals surface area contributed by atoms with Crippen molar-refractivity contribution < 1.29 is 41.5 Å². The van der Waals surface area contributed by atoms with Gasteiger partial charge in [-0.05, 0) is 20.8 Å². The number of nitrogen functional groups attached to an aromatic ring is 1. The standard InChI is InChI=1S/C18H26FN6O8P/c1-5-29-14-11-13(23-16(20)24-14)25(8-21-11)15-18(3,19)12-10(32-15)7-31-34(27,33-12)30-6-9(2)22-17(26)28-4/h8-10,12,15H,5-7H2,1-4H3,(H,22,26)(H2,20,23,24)/t9-,10+,12+,15+,18+,34+/m0/s1. The number of methoxy groups -OCH3 is 1. The first-order valence-electron chi connectivity index (χ1n) is 10.5. The Bertz CT molecular complexity index is 1120. The molecule has 188 valence electrons. The van der Waals surface area contributed by atoms with Crippen molar-refractivity contribution in [1.29, 1.82) is 0 Å². The maximum atomic E-state index is 16.1. The number of anilines is 1. The van der Waals surface area contributed by atoms with Crippen LogP contribution in [-0.2, 0) is 27.6 Å². The van der Waals surface area contributed by atoms with Crippen LogP contribution in [0.25, 0.3) is 11.2 Å². The first-order valence-corrected chi connectivity index (χ1v) is 11.9. The number of imidazole rings is 1. The molecule has 34 heavy (non-hydrogen) atoms. The SMILES string of the molecule is CCOc1nc(N)nc2c1ncn2[C@@H]1O[C@@H]2CO[P@@](=O)(OC[C@H](C)NC(=O)OC)O[C@H]2[C@@]1(C)F. The van der Waals surface area contributed by atoms with E-state index in [4.69, 9.17) is 28.8 Å². The van der Waals surface area contributed by atoms with Crippen LogP contribution in [0.3, 0.4) is 0 Å². The highest BCUT2D eigenvalue weighted by Gasteiger charge is 2.61. The molecule has 14 nitrogen and oxygen atoms in total. The van der Waals surface area contributed by atoms with Crippen LogP contribution < -0.4 is 15.8 Å². The molecule has 0 bridgehead atoms. The summed E-state index contributed by atoms with van der Waals surface area (Å²) in [6.07, 6.45) is -2.79. The number of alkyl carbamates (subject to hydrolysis) is 1. The molecule has 0 unspecified atom stereocenters. The van der Waals surface area contributed by atoms with Crippen molar-refractivity contribution in [3.63, 3.8) is 0 Å². The number of ether oxygens (including phenoxy) is 3. The minimum Gasteiger partial charge on any atom is -0.476 e. The molecule has 2 aliphatic rings. The first-order chi connectivity index (χ1) is 16.1. The number of hydrogen-bond donors (Lipinski definition) is 2. The van der Waals surface area contributed by atoms with Gasteiger partial charge in [-0.3, -0.25) is 18.1 Å². The summed E-state index contributed by atoms with van der Waals surface area (Å²) >= 11 is 0. The van der Waals surface area contributed by atoms with Gasteiger partial charge in [-0.2, -0.15) is 9.97 Å². The van der Waals surface area contributed by atoms with Gasteiger partial charge in [-0.15, -0.1) is 0 Å². The third-order valence-electron chi connectivity index (χ3n) is 5.29. The smallest absolute Gasteiger partial charge is 0.475 e. The summed E-state index contributed by atoms with van der Waals surface area (Å²) in [4.78, 5) is 23.7. The Kier molecular flexibility index (Phi) is 6.66. The second-order valence-corrected chi connectivity index (χ2v) is 9.55. The fraction of sp³-hybridized carbons (Fsp3) is 0.667. The summed E-state index contributed by atoms with van der Waals surface area (Å²) in [7, 11) is -2.94. The molecule has 0 radical (unpaired) electrons. The molecule has 0 spiro atoms. The topological polar surface area (TPSA) is 171 Å². The minimum absolute atomic E-state index is 0.0826. The lowest BCUT2D eigenvalue weighted by Crippen LogP contribution is -2.45. The third kappa shape index (κ3) is 4.53. The van der Waals surface area contributed by atoms with E-state index in [0.29, 0.717) is 6.61 Å². The van der Waals surface area contributed by atoms with Gasteiger partial charge >= 0.3 is 13.9 Å². The Morgan fingerprint density at radius 3 is 2.97 bits per heavy atom. The number of hydrogen-bond acceptors (Lipinski definition) is 12. The van der Waals surface area contributed by atoms with Crippen molar-refractivity contribution in [2.75, 3.05) is 32.7 Å². The highest BCUT2D eigenvalue weighted by molar-refractivity contribution is 7.48. The molecule has 1 amide bonds. The second kappa shape index (κ2) is 9.23. The molecule has 4 rings (SSSR count). The summed E-state index contributed by atoms with van der Waals surface area (Å²) in [6.45, 7) is 4.47. The quantitative estimate of drug-likeness (QED) is 0.524. The number of carbonyl (C=O) groups is 1. The average Bonchev–Trinajstić information content (AvgIpc) is 3.30. The van der Waals surface area contributed by atoms with E-state index in [1.54, 1.807) is 13.8 Å².